The minimum atomic E-state index is 0.796. The molecule has 2 rings (SSSR count). The summed E-state index contributed by atoms with van der Waals surface area (Å²) in [6.45, 7) is 4.03. The van der Waals surface area contributed by atoms with Crippen LogP contribution in [0.5, 0.6) is 0 Å². The lowest BCUT2D eigenvalue weighted by Crippen LogP contribution is -1.92. The minimum Gasteiger partial charge on any atom is -0.272 e. The third-order valence-corrected chi connectivity index (χ3v) is 3.22. The topological polar surface area (TPSA) is 59.4 Å². The fourth-order valence-electron chi connectivity index (χ4n) is 1.24. The van der Waals surface area contributed by atoms with Gasteiger partial charge in [-0.25, -0.2) is 4.98 Å². The molecular weight excluding hydrogens is 198 g/mol. The lowest BCUT2D eigenvalue weighted by Gasteiger charge is -1.97. The fraction of sp³-hybridized carbons (Fsp3) is 0.375. The third-order valence-electron chi connectivity index (χ3n) is 2.03. The monoisotopic (exact) mass is 209 g/mol. The zero-order valence-corrected chi connectivity index (χ0v) is 9.09. The Morgan fingerprint density at radius 1 is 1.43 bits per heavy atom. The van der Waals surface area contributed by atoms with Crippen LogP contribution in [0.25, 0.3) is 0 Å². The molecule has 0 aliphatic heterocycles. The van der Waals surface area contributed by atoms with Gasteiger partial charge in [0.15, 0.2) is 5.16 Å². The van der Waals surface area contributed by atoms with Crippen molar-refractivity contribution in [3.63, 3.8) is 0 Å². The Morgan fingerprint density at radius 2 is 2.21 bits per heavy atom. The van der Waals surface area contributed by atoms with Gasteiger partial charge in [-0.1, -0.05) is 0 Å². The molecule has 0 spiro atoms. The smallest absolute Gasteiger partial charge is 0.188 e. The highest BCUT2D eigenvalue weighted by Gasteiger charge is 2.11. The molecule has 0 bridgehead atoms. The van der Waals surface area contributed by atoms with Crippen molar-refractivity contribution in [3.8, 4) is 0 Å². The standard InChI is InChI=1S/C8H11N5S/c1-5-7(6(2)13(3)12-5)14-8-9-4-10-11-8/h4H,1-3H3,(H,9,10,11). The van der Waals surface area contributed by atoms with E-state index < -0.39 is 0 Å². The molecule has 0 unspecified atom stereocenters. The van der Waals surface area contributed by atoms with Crippen LogP contribution in [0.2, 0.25) is 0 Å². The molecule has 0 fully saturated rings. The van der Waals surface area contributed by atoms with Crippen molar-refractivity contribution in [2.45, 2.75) is 23.9 Å². The SMILES string of the molecule is Cc1nn(C)c(C)c1Sc1ncn[nH]1. The number of aromatic nitrogens is 5. The van der Waals surface area contributed by atoms with E-state index in [4.69, 9.17) is 0 Å². The van der Waals surface area contributed by atoms with Crippen molar-refractivity contribution in [3.05, 3.63) is 17.7 Å². The number of nitrogens with zero attached hydrogens (tertiary/aromatic N) is 4. The van der Waals surface area contributed by atoms with Crippen LogP contribution in [0.15, 0.2) is 16.4 Å². The molecule has 5 nitrogen and oxygen atoms in total. The van der Waals surface area contributed by atoms with Crippen LogP contribution in [-0.4, -0.2) is 25.0 Å². The Hall–Kier alpha value is -1.30. The number of rotatable bonds is 2. The Kier molecular flexibility index (Phi) is 2.28. The molecule has 0 amide bonds. The summed E-state index contributed by atoms with van der Waals surface area (Å²) in [6, 6.07) is 0. The Morgan fingerprint density at radius 3 is 2.71 bits per heavy atom. The Labute approximate surface area is 85.9 Å². The molecule has 0 aromatic carbocycles. The van der Waals surface area contributed by atoms with E-state index in [0.717, 1.165) is 21.4 Å². The highest BCUT2D eigenvalue weighted by atomic mass is 32.2. The summed E-state index contributed by atoms with van der Waals surface area (Å²) < 4.78 is 1.87. The van der Waals surface area contributed by atoms with Crippen LogP contribution in [0.1, 0.15) is 11.4 Å². The van der Waals surface area contributed by atoms with Crippen molar-refractivity contribution in [1.29, 1.82) is 0 Å². The molecule has 14 heavy (non-hydrogen) atoms. The zero-order chi connectivity index (χ0) is 10.1. The second kappa shape index (κ2) is 3.45. The molecule has 0 aliphatic carbocycles. The quantitative estimate of drug-likeness (QED) is 0.810. The van der Waals surface area contributed by atoms with Crippen molar-refractivity contribution in [1.82, 2.24) is 25.0 Å². The summed E-state index contributed by atoms with van der Waals surface area (Å²) >= 11 is 1.56. The van der Waals surface area contributed by atoms with Gasteiger partial charge in [0.1, 0.15) is 6.33 Å². The highest BCUT2D eigenvalue weighted by molar-refractivity contribution is 7.99. The van der Waals surface area contributed by atoms with Crippen molar-refractivity contribution < 1.29 is 0 Å². The molecule has 1 N–H and O–H groups in total. The number of hydrogen-bond donors (Lipinski definition) is 1. The number of aryl methyl sites for hydroxylation is 2. The van der Waals surface area contributed by atoms with E-state index in [0.29, 0.717) is 0 Å². The van der Waals surface area contributed by atoms with E-state index in [1.54, 1.807) is 11.8 Å². The summed E-state index contributed by atoms with van der Waals surface area (Å²) in [5.74, 6) is 0. The molecule has 2 aromatic heterocycles. The summed E-state index contributed by atoms with van der Waals surface area (Å²) in [6.07, 6.45) is 1.50. The zero-order valence-electron chi connectivity index (χ0n) is 8.27. The summed E-state index contributed by atoms with van der Waals surface area (Å²) in [5.41, 5.74) is 2.16. The van der Waals surface area contributed by atoms with Crippen LogP contribution in [0.3, 0.4) is 0 Å². The summed E-state index contributed by atoms with van der Waals surface area (Å²) in [4.78, 5) is 5.21. The molecule has 74 valence electrons. The summed E-state index contributed by atoms with van der Waals surface area (Å²) in [5, 5.41) is 11.7. The van der Waals surface area contributed by atoms with E-state index in [2.05, 4.69) is 20.3 Å². The van der Waals surface area contributed by atoms with Crippen LogP contribution < -0.4 is 0 Å². The maximum absolute atomic E-state index is 4.32. The Balaban J connectivity index is 2.33. The summed E-state index contributed by atoms with van der Waals surface area (Å²) in [7, 11) is 1.94. The van der Waals surface area contributed by atoms with Gasteiger partial charge in [0.05, 0.1) is 10.6 Å². The first-order valence-electron chi connectivity index (χ1n) is 4.22. The van der Waals surface area contributed by atoms with Gasteiger partial charge >= 0.3 is 0 Å². The van der Waals surface area contributed by atoms with Gasteiger partial charge in [-0.15, -0.1) is 0 Å². The van der Waals surface area contributed by atoms with Gasteiger partial charge in [-0.3, -0.25) is 9.78 Å². The van der Waals surface area contributed by atoms with E-state index in [1.807, 2.05) is 25.6 Å². The highest BCUT2D eigenvalue weighted by Crippen LogP contribution is 2.29. The predicted octanol–water partition coefficient (Wildman–Crippen LogP) is 1.31. The molecular formula is C8H11N5S. The number of aromatic amines is 1. The Bertz CT molecular complexity index is 431. The number of H-pyrrole nitrogens is 1. The second-order valence-electron chi connectivity index (χ2n) is 3.02. The first-order valence-corrected chi connectivity index (χ1v) is 5.03. The molecule has 0 atom stereocenters. The largest absolute Gasteiger partial charge is 0.272 e. The van der Waals surface area contributed by atoms with Crippen LogP contribution in [-0.2, 0) is 7.05 Å². The molecule has 0 saturated heterocycles. The average molecular weight is 209 g/mol. The predicted molar refractivity (Wildman–Crippen MR) is 53.2 cm³/mol. The maximum atomic E-state index is 4.32. The van der Waals surface area contributed by atoms with Crippen LogP contribution in [0.4, 0.5) is 0 Å². The van der Waals surface area contributed by atoms with Gasteiger partial charge < -0.3 is 0 Å². The number of nitrogens with one attached hydrogen (secondary N) is 1. The van der Waals surface area contributed by atoms with Gasteiger partial charge in [-0.05, 0) is 25.6 Å². The second-order valence-corrected chi connectivity index (χ2v) is 4.02. The normalized spacial score (nSPS) is 10.8. The lowest BCUT2D eigenvalue weighted by atomic mass is 10.4. The van der Waals surface area contributed by atoms with Crippen LogP contribution >= 0.6 is 11.8 Å². The molecule has 2 aromatic rings. The van der Waals surface area contributed by atoms with Gasteiger partial charge in [0.2, 0.25) is 0 Å². The van der Waals surface area contributed by atoms with Crippen molar-refractivity contribution in [2.24, 2.45) is 7.05 Å². The third kappa shape index (κ3) is 1.52. The minimum absolute atomic E-state index is 0.796. The first-order chi connectivity index (χ1) is 6.68. The van der Waals surface area contributed by atoms with Gasteiger partial charge in [0, 0.05) is 12.7 Å². The average Bonchev–Trinajstić information content (AvgIpc) is 2.71. The van der Waals surface area contributed by atoms with E-state index in [9.17, 15) is 0 Å². The fourth-order valence-corrected chi connectivity index (χ4v) is 2.10. The van der Waals surface area contributed by atoms with Crippen LogP contribution in [0, 0.1) is 13.8 Å². The lowest BCUT2D eigenvalue weighted by molar-refractivity contribution is 0.729. The molecule has 0 aliphatic rings. The van der Waals surface area contributed by atoms with E-state index >= 15 is 0 Å². The molecule has 0 radical (unpaired) electrons. The van der Waals surface area contributed by atoms with E-state index in [1.165, 1.54) is 6.33 Å². The first kappa shape index (κ1) is 9.26. The van der Waals surface area contributed by atoms with E-state index in [-0.39, 0.29) is 0 Å². The molecule has 6 heteroatoms. The van der Waals surface area contributed by atoms with Gasteiger partial charge in [-0.2, -0.15) is 10.2 Å². The molecule has 2 heterocycles. The molecule has 0 saturated carbocycles. The van der Waals surface area contributed by atoms with Crippen molar-refractivity contribution in [2.75, 3.05) is 0 Å². The van der Waals surface area contributed by atoms with Crippen molar-refractivity contribution >= 4 is 11.8 Å². The number of hydrogen-bond acceptors (Lipinski definition) is 4. The van der Waals surface area contributed by atoms with Gasteiger partial charge in [0.25, 0.3) is 0 Å². The maximum Gasteiger partial charge on any atom is 0.188 e.